The Morgan fingerprint density at radius 3 is 2.67 bits per heavy atom. The second kappa shape index (κ2) is 6.08. The minimum atomic E-state index is -4.58. The van der Waals surface area contributed by atoms with Crippen LogP contribution in [0.15, 0.2) is 18.2 Å². The van der Waals surface area contributed by atoms with Crippen molar-refractivity contribution in [3.63, 3.8) is 0 Å². The lowest BCUT2D eigenvalue weighted by molar-refractivity contribution is -0.166. The van der Waals surface area contributed by atoms with Crippen molar-refractivity contribution in [2.75, 3.05) is 20.2 Å². The van der Waals surface area contributed by atoms with Crippen molar-refractivity contribution in [2.45, 2.75) is 31.6 Å². The first-order chi connectivity index (χ1) is 11.3. The molecular weight excluding hydrogens is 325 g/mol. The highest BCUT2D eigenvalue weighted by Gasteiger charge is 2.46. The first kappa shape index (κ1) is 16.8. The molecule has 130 valence electrons. The number of alkyl halides is 3. The summed E-state index contributed by atoms with van der Waals surface area (Å²) in [5.74, 6) is -0.842. The van der Waals surface area contributed by atoms with Crippen molar-refractivity contribution in [1.82, 2.24) is 9.80 Å². The second-order valence-electron chi connectivity index (χ2n) is 6.01. The highest BCUT2D eigenvalue weighted by atomic mass is 19.4. The summed E-state index contributed by atoms with van der Waals surface area (Å²) in [6.45, 7) is -0.571. The number of likely N-dealkylation sites (tertiary alicyclic amines) is 1. The molecule has 1 fully saturated rings. The van der Waals surface area contributed by atoms with Crippen LogP contribution in [0.25, 0.3) is 0 Å². The normalized spacial score (nSPS) is 22.0. The van der Waals surface area contributed by atoms with E-state index < -0.39 is 30.6 Å². The minimum absolute atomic E-state index is 0.200. The van der Waals surface area contributed by atoms with Gasteiger partial charge < -0.3 is 4.74 Å². The van der Waals surface area contributed by atoms with Crippen molar-refractivity contribution < 1.29 is 27.5 Å². The summed E-state index contributed by atoms with van der Waals surface area (Å²) < 4.78 is 42.8. The number of imide groups is 1. The molecule has 8 heteroatoms. The van der Waals surface area contributed by atoms with Crippen molar-refractivity contribution in [1.29, 1.82) is 0 Å². The van der Waals surface area contributed by atoms with Gasteiger partial charge >= 0.3 is 6.18 Å². The third-order valence-electron chi connectivity index (χ3n) is 4.45. The average Bonchev–Trinajstić information content (AvgIpc) is 2.80. The first-order valence-corrected chi connectivity index (χ1v) is 7.59. The largest absolute Gasteiger partial charge is 0.497 e. The predicted octanol–water partition coefficient (Wildman–Crippen LogP) is 1.74. The van der Waals surface area contributed by atoms with Crippen molar-refractivity contribution in [2.24, 2.45) is 0 Å². The lowest BCUT2D eigenvalue weighted by Crippen LogP contribution is -2.46. The van der Waals surface area contributed by atoms with Gasteiger partial charge in [0, 0.05) is 13.1 Å². The molecule has 0 aliphatic carbocycles. The third-order valence-corrected chi connectivity index (χ3v) is 4.45. The maximum Gasteiger partial charge on any atom is 0.406 e. The summed E-state index contributed by atoms with van der Waals surface area (Å²) in [5.41, 5.74) is 2.09. The van der Waals surface area contributed by atoms with Gasteiger partial charge in [-0.1, -0.05) is 6.07 Å². The molecule has 5 nitrogen and oxygen atoms in total. The zero-order valence-corrected chi connectivity index (χ0v) is 13.1. The number of hydrogen-bond acceptors (Lipinski definition) is 4. The Morgan fingerprint density at radius 2 is 2.00 bits per heavy atom. The Hall–Kier alpha value is -2.09. The van der Waals surface area contributed by atoms with Crippen LogP contribution in [-0.2, 0) is 22.6 Å². The third kappa shape index (κ3) is 3.24. The molecule has 24 heavy (non-hydrogen) atoms. The van der Waals surface area contributed by atoms with Crippen LogP contribution in [0.5, 0.6) is 5.75 Å². The minimum Gasteiger partial charge on any atom is -0.497 e. The van der Waals surface area contributed by atoms with Crippen LogP contribution in [-0.4, -0.2) is 54.0 Å². The van der Waals surface area contributed by atoms with Gasteiger partial charge in [0.15, 0.2) is 0 Å². The molecule has 0 radical (unpaired) electrons. The van der Waals surface area contributed by atoms with Gasteiger partial charge in [-0.2, -0.15) is 13.2 Å². The van der Waals surface area contributed by atoms with E-state index in [4.69, 9.17) is 4.74 Å². The quantitative estimate of drug-likeness (QED) is 0.786. The molecule has 0 bridgehead atoms. The first-order valence-electron chi connectivity index (χ1n) is 7.59. The van der Waals surface area contributed by atoms with E-state index in [1.807, 2.05) is 18.2 Å². The maximum absolute atomic E-state index is 12.5. The number of benzene rings is 1. The molecule has 1 saturated heterocycles. The number of rotatable bonds is 3. The van der Waals surface area contributed by atoms with E-state index in [1.54, 1.807) is 12.0 Å². The Balaban J connectivity index is 1.76. The monoisotopic (exact) mass is 342 g/mol. The van der Waals surface area contributed by atoms with E-state index >= 15 is 0 Å². The van der Waals surface area contributed by atoms with Crippen molar-refractivity contribution in [3.8, 4) is 5.75 Å². The highest BCUT2D eigenvalue weighted by molar-refractivity contribution is 6.05. The molecule has 2 aliphatic heterocycles. The molecule has 1 unspecified atom stereocenters. The fourth-order valence-corrected chi connectivity index (χ4v) is 3.24. The van der Waals surface area contributed by atoms with Crippen LogP contribution in [0.3, 0.4) is 0 Å². The average molecular weight is 342 g/mol. The standard InChI is InChI=1S/C16H17F3N2O3/c1-24-12-3-2-10-4-5-20(8-11(10)6-12)13-7-14(22)21(15(13)23)9-16(17,18)19/h2-3,6,13H,4-5,7-9H2,1H3. The number of carbonyl (C=O) groups excluding carboxylic acids is 2. The lowest BCUT2D eigenvalue weighted by Gasteiger charge is -2.32. The van der Waals surface area contributed by atoms with E-state index in [2.05, 4.69) is 0 Å². The Morgan fingerprint density at radius 1 is 1.25 bits per heavy atom. The topological polar surface area (TPSA) is 49.9 Å². The van der Waals surface area contributed by atoms with Crippen LogP contribution in [0.2, 0.25) is 0 Å². The molecular formula is C16H17F3N2O3. The number of nitrogens with zero attached hydrogens (tertiary/aromatic N) is 2. The summed E-state index contributed by atoms with van der Waals surface area (Å²) in [6.07, 6.45) is -4.10. The maximum atomic E-state index is 12.5. The summed E-state index contributed by atoms with van der Waals surface area (Å²) >= 11 is 0. The zero-order valence-electron chi connectivity index (χ0n) is 13.1. The van der Waals surface area contributed by atoms with Gasteiger partial charge in [-0.3, -0.25) is 19.4 Å². The van der Waals surface area contributed by atoms with Gasteiger partial charge in [0.2, 0.25) is 11.8 Å². The van der Waals surface area contributed by atoms with Crippen molar-refractivity contribution in [3.05, 3.63) is 29.3 Å². The van der Waals surface area contributed by atoms with Gasteiger partial charge in [-0.25, -0.2) is 0 Å². The fraction of sp³-hybridized carbons (Fsp3) is 0.500. The molecule has 1 aromatic carbocycles. The van der Waals surface area contributed by atoms with Crippen LogP contribution >= 0.6 is 0 Å². The molecule has 1 atom stereocenters. The molecule has 0 N–H and O–H groups in total. The van der Waals surface area contributed by atoms with Gasteiger partial charge in [0.25, 0.3) is 0 Å². The highest BCUT2D eigenvalue weighted by Crippen LogP contribution is 2.29. The molecule has 2 heterocycles. The summed E-state index contributed by atoms with van der Waals surface area (Å²) in [4.78, 5) is 26.2. The van der Waals surface area contributed by atoms with E-state index in [0.717, 1.165) is 11.1 Å². The van der Waals surface area contributed by atoms with Crippen LogP contribution in [0.4, 0.5) is 13.2 Å². The number of amides is 2. The molecule has 0 spiro atoms. The number of carbonyl (C=O) groups is 2. The van der Waals surface area contributed by atoms with Gasteiger partial charge in [0.1, 0.15) is 12.3 Å². The number of ether oxygens (including phenoxy) is 1. The van der Waals surface area contributed by atoms with Gasteiger partial charge in [-0.05, 0) is 29.7 Å². The smallest absolute Gasteiger partial charge is 0.406 e. The Kier molecular flexibility index (Phi) is 4.25. The Bertz CT molecular complexity index is 675. The van der Waals surface area contributed by atoms with Crippen LogP contribution in [0, 0.1) is 0 Å². The number of hydrogen-bond donors (Lipinski definition) is 0. The van der Waals surface area contributed by atoms with Crippen molar-refractivity contribution >= 4 is 11.8 Å². The van der Waals surface area contributed by atoms with E-state index in [-0.39, 0.29) is 6.42 Å². The summed E-state index contributed by atoms with van der Waals surface area (Å²) in [5, 5.41) is 0. The summed E-state index contributed by atoms with van der Waals surface area (Å²) in [7, 11) is 1.55. The fourth-order valence-electron chi connectivity index (χ4n) is 3.24. The number of methoxy groups -OCH3 is 1. The Labute approximate surface area is 137 Å². The predicted molar refractivity (Wildman–Crippen MR) is 78.3 cm³/mol. The lowest BCUT2D eigenvalue weighted by atomic mass is 9.98. The molecule has 0 aromatic heterocycles. The molecule has 2 aliphatic rings. The van der Waals surface area contributed by atoms with E-state index in [9.17, 15) is 22.8 Å². The molecule has 2 amide bonds. The second-order valence-corrected chi connectivity index (χ2v) is 6.01. The zero-order chi connectivity index (χ0) is 17.5. The molecule has 0 saturated carbocycles. The van der Waals surface area contributed by atoms with E-state index in [1.165, 1.54) is 0 Å². The summed E-state index contributed by atoms with van der Waals surface area (Å²) in [6, 6.07) is 4.84. The van der Waals surface area contributed by atoms with Crippen LogP contribution < -0.4 is 4.74 Å². The molecule has 1 aromatic rings. The number of halogens is 3. The molecule has 3 rings (SSSR count). The van der Waals surface area contributed by atoms with Gasteiger partial charge in [-0.15, -0.1) is 0 Å². The van der Waals surface area contributed by atoms with E-state index in [0.29, 0.717) is 30.2 Å². The van der Waals surface area contributed by atoms with Gasteiger partial charge in [0.05, 0.1) is 19.6 Å². The SMILES string of the molecule is COc1ccc2c(c1)CN(C1CC(=O)N(CC(F)(F)F)C1=O)CC2. The number of fused-ring (bicyclic) bond motifs is 1. The van der Waals surface area contributed by atoms with Crippen LogP contribution in [0.1, 0.15) is 17.5 Å².